The summed E-state index contributed by atoms with van der Waals surface area (Å²) in [6.45, 7) is 5.88. The van der Waals surface area contributed by atoms with E-state index in [1.807, 2.05) is 13.8 Å². The number of hydrogen-bond donors (Lipinski definition) is 2. The van der Waals surface area contributed by atoms with Gasteiger partial charge in [0.2, 0.25) is 11.8 Å². The average Bonchev–Trinajstić information content (AvgIpc) is 2.58. The first-order chi connectivity index (χ1) is 8.31. The number of nitrogens with one attached hydrogen (secondary N) is 1. The molecular formula is C12H20N2O4. The summed E-state index contributed by atoms with van der Waals surface area (Å²) in [4.78, 5) is 35.7. The monoisotopic (exact) mass is 256 g/mol. The molecule has 2 atom stereocenters. The zero-order valence-electron chi connectivity index (χ0n) is 11.0. The van der Waals surface area contributed by atoms with Crippen LogP contribution in [0.3, 0.4) is 0 Å². The molecular weight excluding hydrogens is 236 g/mol. The molecule has 0 spiro atoms. The largest absolute Gasteiger partial charge is 0.481 e. The molecule has 102 valence electrons. The predicted molar refractivity (Wildman–Crippen MR) is 64.8 cm³/mol. The molecule has 18 heavy (non-hydrogen) atoms. The summed E-state index contributed by atoms with van der Waals surface area (Å²) in [5, 5.41) is 11.2. The van der Waals surface area contributed by atoms with Gasteiger partial charge in [-0.25, -0.2) is 0 Å². The number of carbonyl (C=O) groups is 3. The second kappa shape index (κ2) is 5.84. The molecule has 0 aliphatic carbocycles. The number of carbonyl (C=O) groups excluding carboxylic acids is 2. The molecule has 1 fully saturated rings. The molecule has 1 aliphatic heterocycles. The maximum atomic E-state index is 11.9. The third-order valence-electron chi connectivity index (χ3n) is 3.02. The van der Waals surface area contributed by atoms with Crippen LogP contribution in [0.25, 0.3) is 0 Å². The van der Waals surface area contributed by atoms with Crippen LogP contribution in [0.1, 0.15) is 33.6 Å². The van der Waals surface area contributed by atoms with Crippen molar-refractivity contribution >= 4 is 17.8 Å². The molecule has 2 N–H and O–H groups in total. The molecule has 0 radical (unpaired) electrons. The number of rotatable bonds is 5. The van der Waals surface area contributed by atoms with E-state index in [4.69, 9.17) is 5.11 Å². The van der Waals surface area contributed by atoms with Crippen molar-refractivity contribution in [2.24, 2.45) is 5.92 Å². The zero-order valence-corrected chi connectivity index (χ0v) is 11.0. The summed E-state index contributed by atoms with van der Waals surface area (Å²) in [6, 6.07) is -0.329. The maximum Gasteiger partial charge on any atom is 0.305 e. The summed E-state index contributed by atoms with van der Waals surface area (Å²) in [6.07, 6.45) is 0.101. The van der Waals surface area contributed by atoms with Crippen LogP contribution in [0.15, 0.2) is 0 Å². The summed E-state index contributed by atoms with van der Waals surface area (Å²) >= 11 is 0. The van der Waals surface area contributed by atoms with Gasteiger partial charge in [0.15, 0.2) is 0 Å². The summed E-state index contributed by atoms with van der Waals surface area (Å²) in [5.41, 5.74) is 0. The minimum Gasteiger partial charge on any atom is -0.481 e. The zero-order chi connectivity index (χ0) is 13.9. The fourth-order valence-electron chi connectivity index (χ4n) is 2.08. The topological polar surface area (TPSA) is 86.7 Å². The molecule has 1 saturated heterocycles. The van der Waals surface area contributed by atoms with Crippen LogP contribution in [0.5, 0.6) is 0 Å². The molecule has 0 aromatic heterocycles. The summed E-state index contributed by atoms with van der Waals surface area (Å²) in [5.74, 6) is -1.57. The Morgan fingerprint density at radius 2 is 2.06 bits per heavy atom. The van der Waals surface area contributed by atoms with Gasteiger partial charge in [0.05, 0.1) is 12.3 Å². The number of carboxylic acid groups (broad SMARTS) is 1. The minimum absolute atomic E-state index is 0.0176. The van der Waals surface area contributed by atoms with E-state index in [1.165, 1.54) is 0 Å². The van der Waals surface area contributed by atoms with Gasteiger partial charge in [0.25, 0.3) is 0 Å². The molecule has 6 nitrogen and oxygen atoms in total. The molecule has 0 aromatic rings. The van der Waals surface area contributed by atoms with Crippen molar-refractivity contribution in [2.45, 2.75) is 45.7 Å². The molecule has 1 heterocycles. The highest BCUT2D eigenvalue weighted by Crippen LogP contribution is 2.20. The van der Waals surface area contributed by atoms with E-state index in [1.54, 1.807) is 11.8 Å². The van der Waals surface area contributed by atoms with Crippen LogP contribution < -0.4 is 5.32 Å². The van der Waals surface area contributed by atoms with Gasteiger partial charge in [-0.1, -0.05) is 0 Å². The van der Waals surface area contributed by atoms with Crippen molar-refractivity contribution < 1.29 is 19.5 Å². The molecule has 2 unspecified atom stereocenters. The van der Waals surface area contributed by atoms with E-state index in [9.17, 15) is 14.4 Å². The smallest absolute Gasteiger partial charge is 0.305 e. The third kappa shape index (κ3) is 3.72. The van der Waals surface area contributed by atoms with Crippen molar-refractivity contribution in [3.8, 4) is 0 Å². The lowest BCUT2D eigenvalue weighted by Gasteiger charge is -2.21. The van der Waals surface area contributed by atoms with Gasteiger partial charge in [-0.3, -0.25) is 14.4 Å². The van der Waals surface area contributed by atoms with E-state index in [2.05, 4.69) is 5.32 Å². The molecule has 1 rings (SSSR count). The lowest BCUT2D eigenvalue weighted by molar-refractivity contribution is -0.137. The van der Waals surface area contributed by atoms with Crippen LogP contribution >= 0.6 is 0 Å². The van der Waals surface area contributed by atoms with Gasteiger partial charge in [0, 0.05) is 25.0 Å². The van der Waals surface area contributed by atoms with E-state index in [0.29, 0.717) is 6.54 Å². The van der Waals surface area contributed by atoms with Crippen molar-refractivity contribution in [2.75, 3.05) is 6.54 Å². The predicted octanol–water partition coefficient (Wildman–Crippen LogP) is 0.223. The van der Waals surface area contributed by atoms with E-state index < -0.39 is 12.0 Å². The Morgan fingerprint density at radius 3 is 2.50 bits per heavy atom. The number of hydrogen-bond acceptors (Lipinski definition) is 3. The van der Waals surface area contributed by atoms with Crippen LogP contribution in [-0.4, -0.2) is 46.4 Å². The molecule has 0 saturated carbocycles. The van der Waals surface area contributed by atoms with Crippen molar-refractivity contribution in [3.05, 3.63) is 0 Å². The third-order valence-corrected chi connectivity index (χ3v) is 3.02. The Bertz CT molecular complexity index is 354. The first-order valence-corrected chi connectivity index (χ1v) is 6.13. The highest BCUT2D eigenvalue weighted by Gasteiger charge is 2.35. The molecule has 0 bridgehead atoms. The highest BCUT2D eigenvalue weighted by molar-refractivity contribution is 5.89. The van der Waals surface area contributed by atoms with E-state index in [-0.39, 0.29) is 36.6 Å². The van der Waals surface area contributed by atoms with Crippen LogP contribution in [-0.2, 0) is 14.4 Å². The van der Waals surface area contributed by atoms with Gasteiger partial charge < -0.3 is 15.3 Å². The lowest BCUT2D eigenvalue weighted by Crippen LogP contribution is -2.40. The fraction of sp³-hybridized carbons (Fsp3) is 0.750. The average molecular weight is 256 g/mol. The summed E-state index contributed by atoms with van der Waals surface area (Å²) < 4.78 is 0. The van der Waals surface area contributed by atoms with E-state index >= 15 is 0 Å². The Kier molecular flexibility index (Phi) is 4.69. The Morgan fingerprint density at radius 1 is 1.44 bits per heavy atom. The SMILES string of the molecule is CC(CC(=O)O)NC(=O)C1CC(=O)N(C(C)C)C1. The van der Waals surface area contributed by atoms with Crippen molar-refractivity contribution in [1.82, 2.24) is 10.2 Å². The van der Waals surface area contributed by atoms with Gasteiger partial charge in [0.1, 0.15) is 0 Å². The van der Waals surface area contributed by atoms with Crippen LogP contribution in [0, 0.1) is 5.92 Å². The van der Waals surface area contributed by atoms with Gasteiger partial charge in [-0.2, -0.15) is 0 Å². The van der Waals surface area contributed by atoms with Crippen LogP contribution in [0.2, 0.25) is 0 Å². The number of carboxylic acids is 1. The Hall–Kier alpha value is -1.59. The second-order valence-electron chi connectivity index (χ2n) is 5.05. The molecule has 1 aliphatic rings. The first-order valence-electron chi connectivity index (χ1n) is 6.13. The van der Waals surface area contributed by atoms with Crippen molar-refractivity contribution in [3.63, 3.8) is 0 Å². The number of likely N-dealkylation sites (tertiary alicyclic amines) is 1. The standard InChI is InChI=1S/C12H20N2O4/c1-7(2)14-6-9(5-10(14)15)12(18)13-8(3)4-11(16)17/h7-9H,4-6H2,1-3H3,(H,13,18)(H,16,17). The molecule has 2 amide bonds. The fourth-order valence-corrected chi connectivity index (χ4v) is 2.08. The molecule has 0 aromatic carbocycles. The Balaban J connectivity index is 2.49. The number of aliphatic carboxylic acids is 1. The second-order valence-corrected chi connectivity index (χ2v) is 5.05. The first kappa shape index (κ1) is 14.5. The lowest BCUT2D eigenvalue weighted by atomic mass is 10.1. The molecule has 6 heteroatoms. The summed E-state index contributed by atoms with van der Waals surface area (Å²) in [7, 11) is 0. The van der Waals surface area contributed by atoms with Crippen molar-refractivity contribution in [1.29, 1.82) is 0 Å². The number of amides is 2. The van der Waals surface area contributed by atoms with Gasteiger partial charge >= 0.3 is 5.97 Å². The van der Waals surface area contributed by atoms with Gasteiger partial charge in [-0.05, 0) is 20.8 Å². The van der Waals surface area contributed by atoms with E-state index in [0.717, 1.165) is 0 Å². The normalized spacial score (nSPS) is 21.2. The quantitative estimate of drug-likeness (QED) is 0.737. The highest BCUT2D eigenvalue weighted by atomic mass is 16.4. The number of nitrogens with zero attached hydrogens (tertiary/aromatic N) is 1. The minimum atomic E-state index is -0.950. The Labute approximate surface area is 106 Å². The maximum absolute atomic E-state index is 11.9. The van der Waals surface area contributed by atoms with Gasteiger partial charge in [-0.15, -0.1) is 0 Å². The van der Waals surface area contributed by atoms with Crippen LogP contribution in [0.4, 0.5) is 0 Å².